The van der Waals surface area contributed by atoms with Crippen molar-refractivity contribution in [2.75, 3.05) is 5.32 Å². The predicted molar refractivity (Wildman–Crippen MR) is 80.1 cm³/mol. The molecule has 5 nitrogen and oxygen atoms in total. The zero-order chi connectivity index (χ0) is 14.5. The average molecular weight is 340 g/mol. The molecule has 0 aliphatic heterocycles. The first-order valence-electron chi connectivity index (χ1n) is 6.76. The van der Waals surface area contributed by atoms with E-state index in [-0.39, 0.29) is 17.7 Å². The lowest BCUT2D eigenvalue weighted by molar-refractivity contribution is -0.126. The van der Waals surface area contributed by atoms with Gasteiger partial charge in [-0.25, -0.2) is 4.98 Å². The minimum Gasteiger partial charge on any atom is -0.344 e. The molecule has 2 amide bonds. The van der Waals surface area contributed by atoms with Crippen LogP contribution < -0.4 is 10.6 Å². The van der Waals surface area contributed by atoms with Gasteiger partial charge in [-0.3, -0.25) is 9.59 Å². The molecule has 1 heterocycles. The van der Waals surface area contributed by atoms with Crippen molar-refractivity contribution in [2.24, 2.45) is 5.92 Å². The number of hydrogen-bond acceptors (Lipinski definition) is 3. The van der Waals surface area contributed by atoms with Gasteiger partial charge < -0.3 is 10.6 Å². The molecule has 0 saturated heterocycles. The van der Waals surface area contributed by atoms with Crippen molar-refractivity contribution in [3.8, 4) is 0 Å². The molecule has 6 heteroatoms. The summed E-state index contributed by atoms with van der Waals surface area (Å²) < 4.78 is 0.723. The molecule has 1 aliphatic carbocycles. The number of aromatic nitrogens is 1. The van der Waals surface area contributed by atoms with Gasteiger partial charge >= 0.3 is 0 Å². The Balaban J connectivity index is 2.09. The van der Waals surface area contributed by atoms with Gasteiger partial charge in [-0.15, -0.1) is 0 Å². The molecule has 0 spiro atoms. The Kier molecular flexibility index (Phi) is 5.11. The van der Waals surface area contributed by atoms with Gasteiger partial charge in [0.05, 0.1) is 4.47 Å². The molecule has 1 aromatic heterocycles. The van der Waals surface area contributed by atoms with E-state index in [1.165, 1.54) is 6.92 Å². The Morgan fingerprint density at radius 1 is 1.40 bits per heavy atom. The highest BCUT2D eigenvalue weighted by Crippen LogP contribution is 2.28. The number of pyridine rings is 1. The number of nitrogens with zero attached hydrogens (tertiary/aromatic N) is 1. The van der Waals surface area contributed by atoms with Crippen LogP contribution in [-0.2, 0) is 9.59 Å². The molecule has 0 unspecified atom stereocenters. The second-order valence-electron chi connectivity index (χ2n) is 5.05. The summed E-state index contributed by atoms with van der Waals surface area (Å²) in [4.78, 5) is 27.8. The van der Waals surface area contributed by atoms with Crippen molar-refractivity contribution < 1.29 is 9.59 Å². The van der Waals surface area contributed by atoms with Crippen LogP contribution in [0.15, 0.2) is 22.8 Å². The van der Waals surface area contributed by atoms with E-state index in [1.54, 1.807) is 12.3 Å². The smallest absolute Gasteiger partial charge is 0.248 e. The fraction of sp³-hybridized carbons (Fsp3) is 0.500. The molecule has 1 aliphatic rings. The second-order valence-corrected chi connectivity index (χ2v) is 5.90. The second kappa shape index (κ2) is 6.83. The van der Waals surface area contributed by atoms with Gasteiger partial charge in [0.15, 0.2) is 0 Å². The summed E-state index contributed by atoms with van der Waals surface area (Å²) in [6.45, 7) is 1.44. The summed E-state index contributed by atoms with van der Waals surface area (Å²) in [6.07, 6.45) is 5.79. The molecule has 1 aromatic rings. The molecule has 2 N–H and O–H groups in total. The SMILES string of the molecule is CC(=O)N[C@H](C(=O)Nc1ncccc1Br)C1CCCC1. The number of carbonyl (C=O) groups excluding carboxylic acids is 2. The molecule has 1 saturated carbocycles. The van der Waals surface area contributed by atoms with Crippen molar-refractivity contribution in [3.63, 3.8) is 0 Å². The largest absolute Gasteiger partial charge is 0.344 e. The fourth-order valence-electron chi connectivity index (χ4n) is 2.58. The van der Waals surface area contributed by atoms with Gasteiger partial charge in [0.25, 0.3) is 0 Å². The Bertz CT molecular complexity index is 501. The van der Waals surface area contributed by atoms with Crippen LogP contribution in [-0.4, -0.2) is 22.8 Å². The molecular formula is C14H18BrN3O2. The van der Waals surface area contributed by atoms with Crippen molar-refractivity contribution in [1.82, 2.24) is 10.3 Å². The molecule has 1 atom stereocenters. The van der Waals surface area contributed by atoms with Gasteiger partial charge in [0.1, 0.15) is 11.9 Å². The summed E-state index contributed by atoms with van der Waals surface area (Å²) in [7, 11) is 0. The molecule has 20 heavy (non-hydrogen) atoms. The van der Waals surface area contributed by atoms with Crippen molar-refractivity contribution in [2.45, 2.75) is 38.6 Å². The lowest BCUT2D eigenvalue weighted by atomic mass is 9.97. The van der Waals surface area contributed by atoms with Crippen LogP contribution in [0, 0.1) is 5.92 Å². The highest BCUT2D eigenvalue weighted by atomic mass is 79.9. The van der Waals surface area contributed by atoms with Crippen LogP contribution >= 0.6 is 15.9 Å². The maximum atomic E-state index is 12.4. The quantitative estimate of drug-likeness (QED) is 0.885. The molecule has 108 valence electrons. The van der Waals surface area contributed by atoms with Gasteiger partial charge in [0, 0.05) is 13.1 Å². The Morgan fingerprint density at radius 2 is 2.10 bits per heavy atom. The summed E-state index contributed by atoms with van der Waals surface area (Å²) in [6, 6.07) is 3.11. The summed E-state index contributed by atoms with van der Waals surface area (Å²) in [5, 5.41) is 5.55. The third kappa shape index (κ3) is 3.79. The van der Waals surface area contributed by atoms with Crippen LogP contribution in [0.4, 0.5) is 5.82 Å². The van der Waals surface area contributed by atoms with Gasteiger partial charge in [-0.1, -0.05) is 12.8 Å². The van der Waals surface area contributed by atoms with Crippen LogP contribution in [0.5, 0.6) is 0 Å². The third-order valence-electron chi connectivity index (χ3n) is 3.51. The van der Waals surface area contributed by atoms with Crippen LogP contribution in [0.2, 0.25) is 0 Å². The molecule has 1 fully saturated rings. The number of carbonyl (C=O) groups is 2. The molecular weight excluding hydrogens is 322 g/mol. The number of rotatable bonds is 4. The fourth-order valence-corrected chi connectivity index (χ4v) is 2.93. The topological polar surface area (TPSA) is 71.1 Å². The monoisotopic (exact) mass is 339 g/mol. The molecule has 0 aromatic carbocycles. The van der Waals surface area contributed by atoms with E-state index in [0.717, 1.165) is 30.2 Å². The zero-order valence-corrected chi connectivity index (χ0v) is 12.9. The van der Waals surface area contributed by atoms with Crippen molar-refractivity contribution in [3.05, 3.63) is 22.8 Å². The predicted octanol–water partition coefficient (Wildman–Crippen LogP) is 2.48. The summed E-state index contributed by atoms with van der Waals surface area (Å²) in [5.74, 6) is 0.302. The number of anilines is 1. The molecule has 0 radical (unpaired) electrons. The lowest BCUT2D eigenvalue weighted by Crippen LogP contribution is -2.47. The first-order valence-corrected chi connectivity index (χ1v) is 7.55. The van der Waals surface area contributed by atoms with E-state index in [1.807, 2.05) is 6.07 Å². The van der Waals surface area contributed by atoms with E-state index < -0.39 is 6.04 Å². The number of halogens is 1. The maximum Gasteiger partial charge on any atom is 0.248 e. The zero-order valence-electron chi connectivity index (χ0n) is 11.4. The van der Waals surface area contributed by atoms with E-state index in [0.29, 0.717) is 5.82 Å². The minimum absolute atomic E-state index is 0.183. The van der Waals surface area contributed by atoms with E-state index in [2.05, 4.69) is 31.5 Å². The summed E-state index contributed by atoms with van der Waals surface area (Å²) in [5.41, 5.74) is 0. The first kappa shape index (κ1) is 15.0. The molecule has 0 bridgehead atoms. The number of hydrogen-bond donors (Lipinski definition) is 2. The van der Waals surface area contributed by atoms with Crippen LogP contribution in [0.3, 0.4) is 0 Å². The van der Waals surface area contributed by atoms with Gasteiger partial charge in [0.2, 0.25) is 11.8 Å². The highest BCUT2D eigenvalue weighted by molar-refractivity contribution is 9.10. The van der Waals surface area contributed by atoms with E-state index in [9.17, 15) is 9.59 Å². The Morgan fingerprint density at radius 3 is 2.70 bits per heavy atom. The highest BCUT2D eigenvalue weighted by Gasteiger charge is 2.31. The van der Waals surface area contributed by atoms with E-state index in [4.69, 9.17) is 0 Å². The normalized spacial score (nSPS) is 16.7. The number of amides is 2. The lowest BCUT2D eigenvalue weighted by Gasteiger charge is -2.23. The standard InChI is InChI=1S/C14H18BrN3O2/c1-9(19)17-12(10-5-2-3-6-10)14(20)18-13-11(15)7-4-8-16-13/h4,7-8,10,12H,2-3,5-6H2,1H3,(H,17,19)(H,16,18,20)/t12-/m0/s1. The molecule has 2 rings (SSSR count). The van der Waals surface area contributed by atoms with Crippen molar-refractivity contribution in [1.29, 1.82) is 0 Å². The van der Waals surface area contributed by atoms with E-state index >= 15 is 0 Å². The van der Waals surface area contributed by atoms with Gasteiger partial charge in [-0.2, -0.15) is 0 Å². The summed E-state index contributed by atoms with van der Waals surface area (Å²) >= 11 is 3.34. The van der Waals surface area contributed by atoms with Gasteiger partial charge in [-0.05, 0) is 46.8 Å². The minimum atomic E-state index is -0.482. The van der Waals surface area contributed by atoms with Crippen LogP contribution in [0.25, 0.3) is 0 Å². The Hall–Kier alpha value is -1.43. The number of nitrogens with one attached hydrogen (secondary N) is 2. The average Bonchev–Trinajstić information content (AvgIpc) is 2.92. The Labute approximate surface area is 126 Å². The maximum absolute atomic E-state index is 12.4. The first-order chi connectivity index (χ1) is 9.58. The third-order valence-corrected chi connectivity index (χ3v) is 4.15. The van der Waals surface area contributed by atoms with Crippen LogP contribution in [0.1, 0.15) is 32.6 Å². The van der Waals surface area contributed by atoms with Crippen molar-refractivity contribution >= 4 is 33.6 Å².